The second-order valence-electron chi connectivity index (χ2n) is 8.66. The molecule has 0 aliphatic heterocycles. The van der Waals surface area contributed by atoms with Gasteiger partial charge in [0.25, 0.3) is 5.91 Å². The molecule has 0 radical (unpaired) electrons. The van der Waals surface area contributed by atoms with Gasteiger partial charge in [-0.1, -0.05) is 20.8 Å². The Kier molecular flexibility index (Phi) is 7.74. The maximum Gasteiger partial charge on any atom is 0.260 e. The summed E-state index contributed by atoms with van der Waals surface area (Å²) in [7, 11) is -0.833. The highest BCUT2D eigenvalue weighted by Gasteiger charge is 2.28. The van der Waals surface area contributed by atoms with Gasteiger partial charge < -0.3 is 9.47 Å². The van der Waals surface area contributed by atoms with Gasteiger partial charge in [0, 0.05) is 11.8 Å². The summed E-state index contributed by atoms with van der Waals surface area (Å²) >= 11 is 0. The van der Waals surface area contributed by atoms with Crippen molar-refractivity contribution in [3.8, 4) is 11.5 Å². The summed E-state index contributed by atoms with van der Waals surface area (Å²) in [6.45, 7) is 6.32. The second-order valence-corrected chi connectivity index (χ2v) is 10.6. The third-order valence-corrected chi connectivity index (χ3v) is 6.59. The smallest absolute Gasteiger partial charge is 0.260 e. The zero-order chi connectivity index (χ0) is 22.5. The molecule has 2 rings (SSSR count). The molecule has 0 atom stereocenters. The van der Waals surface area contributed by atoms with Crippen LogP contribution in [0.5, 0.6) is 11.5 Å². The first kappa shape index (κ1) is 24.0. The van der Waals surface area contributed by atoms with E-state index in [0.717, 1.165) is 42.0 Å². The molecule has 0 bridgehead atoms. The van der Waals surface area contributed by atoms with E-state index in [2.05, 4.69) is 31.3 Å². The van der Waals surface area contributed by atoms with E-state index in [9.17, 15) is 13.2 Å². The summed E-state index contributed by atoms with van der Waals surface area (Å²) in [6, 6.07) is 4.77. The lowest BCUT2D eigenvalue weighted by atomic mass is 9.72. The Balaban J connectivity index is 2.11. The Hall–Kier alpha value is -2.29. The summed E-state index contributed by atoms with van der Waals surface area (Å²) in [6.07, 6.45) is 4.78. The van der Waals surface area contributed by atoms with E-state index in [4.69, 9.17) is 9.47 Å². The minimum atomic E-state index is -3.75. The van der Waals surface area contributed by atoms with E-state index < -0.39 is 22.5 Å². The molecule has 1 N–H and O–H groups in total. The molecular weight excluding hydrogens is 406 g/mol. The highest BCUT2D eigenvalue weighted by molar-refractivity contribution is 7.92. The second kappa shape index (κ2) is 9.68. The molecule has 1 fully saturated rings. The topological polar surface area (TPSA) is 97.3 Å². The standard InChI is InChI=1S/C21H33N3O5S/c1-21(2,3)15-7-9-16(10-8-15)22-23-20(25)14-24(30(6,26)27)18-13-17(28-4)11-12-19(18)29-5/h11-13,15H,7-10,14H2,1-6H3,(H,23,25). The molecule has 30 heavy (non-hydrogen) atoms. The quantitative estimate of drug-likeness (QED) is 0.658. The van der Waals surface area contributed by atoms with E-state index in [1.807, 2.05) is 0 Å². The molecule has 0 heterocycles. The van der Waals surface area contributed by atoms with Crippen molar-refractivity contribution in [2.45, 2.75) is 46.5 Å². The predicted molar refractivity (Wildman–Crippen MR) is 119 cm³/mol. The van der Waals surface area contributed by atoms with Gasteiger partial charge in [-0.05, 0) is 49.1 Å². The van der Waals surface area contributed by atoms with Crippen LogP contribution in [0.15, 0.2) is 23.3 Å². The van der Waals surface area contributed by atoms with Gasteiger partial charge in [0.15, 0.2) is 0 Å². The van der Waals surface area contributed by atoms with Gasteiger partial charge >= 0.3 is 0 Å². The lowest BCUT2D eigenvalue weighted by Gasteiger charge is -2.34. The van der Waals surface area contributed by atoms with E-state index in [1.165, 1.54) is 20.3 Å². The largest absolute Gasteiger partial charge is 0.497 e. The number of ether oxygens (including phenoxy) is 2. The van der Waals surface area contributed by atoms with Crippen LogP contribution in [0.1, 0.15) is 46.5 Å². The lowest BCUT2D eigenvalue weighted by molar-refractivity contribution is -0.119. The van der Waals surface area contributed by atoms with Crippen molar-refractivity contribution < 1.29 is 22.7 Å². The van der Waals surface area contributed by atoms with Crippen LogP contribution in [0.4, 0.5) is 5.69 Å². The van der Waals surface area contributed by atoms with Crippen molar-refractivity contribution in [3.05, 3.63) is 18.2 Å². The summed E-state index contributed by atoms with van der Waals surface area (Å²) in [5, 5.41) is 4.24. The highest BCUT2D eigenvalue weighted by Crippen LogP contribution is 2.37. The number of rotatable bonds is 7. The van der Waals surface area contributed by atoms with Crippen LogP contribution in [0.3, 0.4) is 0 Å². The van der Waals surface area contributed by atoms with Crippen molar-refractivity contribution in [2.75, 3.05) is 31.3 Å². The number of hydrogen-bond acceptors (Lipinski definition) is 6. The summed E-state index contributed by atoms with van der Waals surface area (Å²) in [5.41, 5.74) is 3.95. The molecule has 8 nitrogen and oxygen atoms in total. The average Bonchev–Trinajstić information content (AvgIpc) is 2.68. The van der Waals surface area contributed by atoms with E-state index >= 15 is 0 Å². The Morgan fingerprint density at radius 3 is 2.33 bits per heavy atom. The number of hydrogen-bond donors (Lipinski definition) is 1. The monoisotopic (exact) mass is 439 g/mol. The van der Waals surface area contributed by atoms with Crippen LogP contribution in [0.2, 0.25) is 0 Å². The minimum Gasteiger partial charge on any atom is -0.497 e. The average molecular weight is 440 g/mol. The molecule has 1 aliphatic carbocycles. The van der Waals surface area contributed by atoms with Crippen molar-refractivity contribution in [1.82, 2.24) is 5.43 Å². The molecule has 168 valence electrons. The van der Waals surface area contributed by atoms with Crippen LogP contribution in [-0.4, -0.2) is 47.1 Å². The maximum absolute atomic E-state index is 12.5. The number of hydrazone groups is 1. The number of carbonyl (C=O) groups is 1. The molecule has 0 saturated heterocycles. The Labute approximate surface area is 179 Å². The summed E-state index contributed by atoms with van der Waals surface area (Å²) < 4.78 is 36.2. The fourth-order valence-corrected chi connectivity index (χ4v) is 4.46. The Morgan fingerprint density at radius 1 is 1.20 bits per heavy atom. The number of benzene rings is 1. The van der Waals surface area contributed by atoms with E-state index in [1.54, 1.807) is 12.1 Å². The van der Waals surface area contributed by atoms with Crippen LogP contribution >= 0.6 is 0 Å². The fourth-order valence-electron chi connectivity index (χ4n) is 3.61. The number of carbonyl (C=O) groups excluding carboxylic acids is 1. The van der Waals surface area contributed by atoms with Gasteiger partial charge in [0.05, 0.1) is 26.2 Å². The highest BCUT2D eigenvalue weighted by atomic mass is 32.2. The lowest BCUT2D eigenvalue weighted by Crippen LogP contribution is -2.39. The Bertz CT molecular complexity index is 880. The number of amides is 1. The van der Waals surface area contributed by atoms with Gasteiger partial charge in [0.1, 0.15) is 18.0 Å². The first-order chi connectivity index (χ1) is 14.0. The van der Waals surface area contributed by atoms with Crippen molar-refractivity contribution >= 4 is 27.3 Å². The van der Waals surface area contributed by atoms with E-state index in [0.29, 0.717) is 17.4 Å². The Morgan fingerprint density at radius 2 is 1.83 bits per heavy atom. The zero-order valence-corrected chi connectivity index (χ0v) is 19.5. The normalized spacial score (nSPS) is 17.3. The van der Waals surface area contributed by atoms with E-state index in [-0.39, 0.29) is 11.1 Å². The molecule has 0 unspecified atom stereocenters. The first-order valence-corrected chi connectivity index (χ1v) is 11.8. The van der Waals surface area contributed by atoms with Gasteiger partial charge in [-0.3, -0.25) is 9.10 Å². The third kappa shape index (κ3) is 6.35. The number of nitrogens with one attached hydrogen (secondary N) is 1. The van der Waals surface area contributed by atoms with Crippen molar-refractivity contribution in [3.63, 3.8) is 0 Å². The number of sulfonamides is 1. The number of methoxy groups -OCH3 is 2. The maximum atomic E-state index is 12.5. The molecule has 1 aromatic rings. The molecular formula is C21H33N3O5S. The van der Waals surface area contributed by atoms with Crippen LogP contribution in [0.25, 0.3) is 0 Å². The van der Waals surface area contributed by atoms with Gasteiger partial charge in [0.2, 0.25) is 10.0 Å². The van der Waals surface area contributed by atoms with Crippen LogP contribution < -0.4 is 19.2 Å². The predicted octanol–water partition coefficient (Wildman–Crippen LogP) is 3.18. The van der Waals surface area contributed by atoms with Gasteiger partial charge in [-0.25, -0.2) is 13.8 Å². The molecule has 1 aliphatic rings. The van der Waals surface area contributed by atoms with Crippen LogP contribution in [0, 0.1) is 11.3 Å². The van der Waals surface area contributed by atoms with Crippen LogP contribution in [-0.2, 0) is 14.8 Å². The number of anilines is 1. The zero-order valence-electron chi connectivity index (χ0n) is 18.7. The van der Waals surface area contributed by atoms with Crippen molar-refractivity contribution in [1.29, 1.82) is 0 Å². The third-order valence-electron chi connectivity index (χ3n) is 5.47. The summed E-state index contributed by atoms with van der Waals surface area (Å²) in [5.74, 6) is 0.890. The first-order valence-electron chi connectivity index (χ1n) is 9.99. The van der Waals surface area contributed by atoms with Gasteiger partial charge in [-0.15, -0.1) is 0 Å². The molecule has 1 saturated carbocycles. The molecule has 0 spiro atoms. The minimum absolute atomic E-state index is 0.229. The molecule has 9 heteroatoms. The SMILES string of the molecule is COc1ccc(OC)c(N(CC(=O)NN=C2CCC(C(C)(C)C)CC2)S(C)(=O)=O)c1. The molecule has 1 amide bonds. The molecule has 1 aromatic carbocycles. The van der Waals surface area contributed by atoms with Gasteiger partial charge in [-0.2, -0.15) is 5.10 Å². The van der Waals surface area contributed by atoms with Crippen molar-refractivity contribution in [2.24, 2.45) is 16.4 Å². The number of nitrogens with zero attached hydrogens (tertiary/aromatic N) is 2. The molecule has 0 aromatic heterocycles. The fraction of sp³-hybridized carbons (Fsp3) is 0.619. The summed E-state index contributed by atoms with van der Waals surface area (Å²) in [4.78, 5) is 12.5.